The number of carboxylic acid groups (broad SMARTS) is 1. The van der Waals surface area contributed by atoms with Crippen LogP contribution in [0.25, 0.3) is 0 Å². The Morgan fingerprint density at radius 2 is 2.05 bits per heavy atom. The van der Waals surface area contributed by atoms with Crippen LogP contribution < -0.4 is 5.32 Å². The van der Waals surface area contributed by atoms with Crippen LogP contribution in [0.2, 0.25) is 0 Å². The normalized spacial score (nSPS) is 13.0. The lowest BCUT2D eigenvalue weighted by atomic mass is 10.1. The largest absolute Gasteiger partial charge is 0.478 e. The number of carboxylic acids is 1. The first-order chi connectivity index (χ1) is 9.79. The topological polar surface area (TPSA) is 49.3 Å². The van der Waals surface area contributed by atoms with Crippen LogP contribution in [0.3, 0.4) is 0 Å². The summed E-state index contributed by atoms with van der Waals surface area (Å²) in [7, 11) is 0. The van der Waals surface area contributed by atoms with Gasteiger partial charge in [0.1, 0.15) is 0 Å². The van der Waals surface area contributed by atoms with Crippen LogP contribution in [0, 0.1) is 0 Å². The van der Waals surface area contributed by atoms with Crippen molar-refractivity contribution in [2.45, 2.75) is 19.1 Å². The van der Waals surface area contributed by atoms with Gasteiger partial charge in [-0.05, 0) is 47.5 Å². The number of rotatable bonds is 4. The molecular weight excluding hydrogens is 303 g/mol. The highest BCUT2D eigenvalue weighted by molar-refractivity contribution is 7.07. The zero-order chi connectivity index (χ0) is 15.6. The summed E-state index contributed by atoms with van der Waals surface area (Å²) in [5.74, 6) is -1.40. The second kappa shape index (κ2) is 5.77. The standard InChI is InChI=1S/C14H12F3NO2S/c1-8(9-4-5-21-7-9)18-12-3-2-10(14(15,16)17)6-11(12)13(19)20/h2-8,18H,1H3,(H,19,20). The molecule has 112 valence electrons. The van der Waals surface area contributed by atoms with E-state index in [1.54, 1.807) is 0 Å². The molecule has 3 nitrogen and oxygen atoms in total. The third kappa shape index (κ3) is 3.55. The van der Waals surface area contributed by atoms with Crippen LogP contribution in [0.15, 0.2) is 35.0 Å². The molecule has 2 aromatic rings. The zero-order valence-electron chi connectivity index (χ0n) is 10.9. The quantitative estimate of drug-likeness (QED) is 0.864. The van der Waals surface area contributed by atoms with Crippen molar-refractivity contribution in [3.63, 3.8) is 0 Å². The first-order valence-electron chi connectivity index (χ1n) is 6.02. The minimum absolute atomic E-state index is 0.161. The molecule has 21 heavy (non-hydrogen) atoms. The number of benzene rings is 1. The lowest BCUT2D eigenvalue weighted by Crippen LogP contribution is -2.13. The highest BCUT2D eigenvalue weighted by Crippen LogP contribution is 2.33. The SMILES string of the molecule is CC(Nc1ccc(C(F)(F)F)cc1C(=O)O)c1ccsc1. The maximum Gasteiger partial charge on any atom is 0.416 e. The van der Waals surface area contributed by atoms with Gasteiger partial charge in [-0.1, -0.05) is 0 Å². The van der Waals surface area contributed by atoms with Crippen LogP contribution in [-0.4, -0.2) is 11.1 Å². The molecule has 0 radical (unpaired) electrons. The summed E-state index contributed by atoms with van der Waals surface area (Å²) in [6.07, 6.45) is -4.57. The smallest absolute Gasteiger partial charge is 0.416 e. The van der Waals surface area contributed by atoms with Gasteiger partial charge in [-0.3, -0.25) is 0 Å². The van der Waals surface area contributed by atoms with Gasteiger partial charge < -0.3 is 10.4 Å². The molecular formula is C14H12F3NO2S. The number of halogens is 3. The molecule has 0 saturated heterocycles. The van der Waals surface area contributed by atoms with Gasteiger partial charge in [0.15, 0.2) is 0 Å². The number of thiophene rings is 1. The number of carbonyl (C=O) groups is 1. The molecule has 1 unspecified atom stereocenters. The predicted molar refractivity (Wildman–Crippen MR) is 74.8 cm³/mol. The van der Waals surface area contributed by atoms with E-state index in [1.165, 1.54) is 11.3 Å². The number of hydrogen-bond donors (Lipinski definition) is 2. The second-order valence-electron chi connectivity index (χ2n) is 4.49. The van der Waals surface area contributed by atoms with Crippen molar-refractivity contribution < 1.29 is 23.1 Å². The Hall–Kier alpha value is -2.02. The molecule has 2 N–H and O–H groups in total. The fraction of sp³-hybridized carbons (Fsp3) is 0.214. The molecule has 2 rings (SSSR count). The molecule has 0 bridgehead atoms. The first-order valence-corrected chi connectivity index (χ1v) is 6.96. The Kier molecular flexibility index (Phi) is 4.22. The summed E-state index contributed by atoms with van der Waals surface area (Å²) in [6, 6.07) is 4.33. The molecule has 1 aromatic carbocycles. The summed E-state index contributed by atoms with van der Waals surface area (Å²) in [4.78, 5) is 11.2. The molecule has 1 heterocycles. The van der Waals surface area contributed by atoms with Crippen molar-refractivity contribution in [3.05, 3.63) is 51.7 Å². The predicted octanol–water partition coefficient (Wildman–Crippen LogP) is 4.64. The molecule has 0 aliphatic carbocycles. The molecule has 0 saturated carbocycles. The molecule has 0 aliphatic rings. The number of aromatic carboxylic acids is 1. The lowest BCUT2D eigenvalue weighted by molar-refractivity contribution is -0.137. The maximum absolute atomic E-state index is 12.6. The summed E-state index contributed by atoms with van der Waals surface area (Å²) < 4.78 is 37.9. The Morgan fingerprint density at radius 3 is 2.57 bits per heavy atom. The van der Waals surface area contributed by atoms with E-state index in [9.17, 15) is 18.0 Å². The van der Waals surface area contributed by atoms with E-state index in [2.05, 4.69) is 5.32 Å². The van der Waals surface area contributed by atoms with Gasteiger partial charge in [-0.25, -0.2) is 4.79 Å². The molecule has 0 aliphatic heterocycles. The summed E-state index contributed by atoms with van der Waals surface area (Å²) in [5.41, 5.74) is -0.272. The van der Waals surface area contributed by atoms with Crippen LogP contribution in [-0.2, 0) is 6.18 Å². The van der Waals surface area contributed by atoms with Gasteiger partial charge in [-0.15, -0.1) is 0 Å². The Balaban J connectivity index is 2.33. The van der Waals surface area contributed by atoms with Crippen molar-refractivity contribution in [2.75, 3.05) is 5.32 Å². The number of anilines is 1. The molecule has 0 spiro atoms. The van der Waals surface area contributed by atoms with Crippen molar-refractivity contribution in [2.24, 2.45) is 0 Å². The second-order valence-corrected chi connectivity index (χ2v) is 5.27. The van der Waals surface area contributed by atoms with Gasteiger partial charge >= 0.3 is 12.1 Å². The van der Waals surface area contributed by atoms with Crippen LogP contribution >= 0.6 is 11.3 Å². The first kappa shape index (κ1) is 15.4. The fourth-order valence-electron chi connectivity index (χ4n) is 1.86. The van der Waals surface area contributed by atoms with Gasteiger partial charge in [0.2, 0.25) is 0 Å². The highest BCUT2D eigenvalue weighted by Gasteiger charge is 2.32. The Bertz CT molecular complexity index is 638. The third-order valence-corrected chi connectivity index (χ3v) is 3.69. The highest BCUT2D eigenvalue weighted by atomic mass is 32.1. The minimum Gasteiger partial charge on any atom is -0.478 e. The minimum atomic E-state index is -4.57. The zero-order valence-corrected chi connectivity index (χ0v) is 11.8. The lowest BCUT2D eigenvalue weighted by Gasteiger charge is -2.17. The Labute approximate surface area is 123 Å². The number of nitrogens with one attached hydrogen (secondary N) is 1. The van der Waals surface area contributed by atoms with E-state index in [4.69, 9.17) is 5.11 Å². The molecule has 0 amide bonds. The van der Waals surface area contributed by atoms with E-state index < -0.39 is 23.3 Å². The summed E-state index contributed by atoms with van der Waals surface area (Å²) >= 11 is 1.49. The molecule has 7 heteroatoms. The van der Waals surface area contributed by atoms with Gasteiger partial charge in [0.25, 0.3) is 0 Å². The number of hydrogen-bond acceptors (Lipinski definition) is 3. The van der Waals surface area contributed by atoms with Crippen molar-refractivity contribution in [3.8, 4) is 0 Å². The van der Waals surface area contributed by atoms with Crippen LogP contribution in [0.4, 0.5) is 18.9 Å². The van der Waals surface area contributed by atoms with Crippen molar-refractivity contribution in [1.82, 2.24) is 0 Å². The van der Waals surface area contributed by atoms with Gasteiger partial charge in [0, 0.05) is 11.7 Å². The van der Waals surface area contributed by atoms with Crippen LogP contribution in [0.1, 0.15) is 34.5 Å². The monoisotopic (exact) mass is 315 g/mol. The van der Waals surface area contributed by atoms with E-state index in [1.807, 2.05) is 23.8 Å². The van der Waals surface area contributed by atoms with E-state index in [0.29, 0.717) is 6.07 Å². The van der Waals surface area contributed by atoms with Gasteiger partial charge in [0.05, 0.1) is 11.1 Å². The van der Waals surface area contributed by atoms with Crippen molar-refractivity contribution in [1.29, 1.82) is 0 Å². The average Bonchev–Trinajstić information content (AvgIpc) is 2.91. The summed E-state index contributed by atoms with van der Waals surface area (Å²) in [6.45, 7) is 1.81. The van der Waals surface area contributed by atoms with E-state index in [0.717, 1.165) is 17.7 Å². The maximum atomic E-state index is 12.6. The van der Waals surface area contributed by atoms with E-state index >= 15 is 0 Å². The van der Waals surface area contributed by atoms with Crippen molar-refractivity contribution >= 4 is 23.0 Å². The molecule has 1 aromatic heterocycles. The van der Waals surface area contributed by atoms with E-state index in [-0.39, 0.29) is 11.7 Å². The Morgan fingerprint density at radius 1 is 1.33 bits per heavy atom. The van der Waals surface area contributed by atoms with Crippen LogP contribution in [0.5, 0.6) is 0 Å². The fourth-order valence-corrected chi connectivity index (χ4v) is 2.62. The molecule has 0 fully saturated rings. The van der Waals surface area contributed by atoms with Gasteiger partial charge in [-0.2, -0.15) is 24.5 Å². The average molecular weight is 315 g/mol. The third-order valence-electron chi connectivity index (χ3n) is 2.99. The molecule has 1 atom stereocenters. The number of alkyl halides is 3. The summed E-state index contributed by atoms with van der Waals surface area (Å²) in [5, 5.41) is 15.8.